The molecule has 0 bridgehead atoms. The third-order valence-electron chi connectivity index (χ3n) is 2.45. The van der Waals surface area contributed by atoms with Crippen LogP contribution in [0, 0.1) is 10.1 Å². The Bertz CT molecular complexity index is 495. The summed E-state index contributed by atoms with van der Waals surface area (Å²) < 4.78 is 10.2. The summed E-state index contributed by atoms with van der Waals surface area (Å²) in [7, 11) is 1.60. The van der Waals surface area contributed by atoms with Gasteiger partial charge in [-0.05, 0) is 20.0 Å². The molecule has 0 aromatic heterocycles. The number of nitro benzene ring substituents is 1. The van der Waals surface area contributed by atoms with Crippen LogP contribution in [0.3, 0.4) is 0 Å². The van der Waals surface area contributed by atoms with Gasteiger partial charge in [-0.25, -0.2) is 0 Å². The molecule has 7 nitrogen and oxygen atoms in total. The van der Waals surface area contributed by atoms with E-state index in [1.54, 1.807) is 14.0 Å². The van der Waals surface area contributed by atoms with Crippen LogP contribution in [0.5, 0.6) is 5.75 Å². The molecule has 1 unspecified atom stereocenters. The van der Waals surface area contributed by atoms with E-state index >= 15 is 0 Å². The third-order valence-corrected chi connectivity index (χ3v) is 2.75. The SMILES string of the molecule is CCOC(=O)C(COc1ccc([N+](=O)[O-])cc1Cl)NC. The Labute approximate surface area is 121 Å². The minimum Gasteiger partial charge on any atom is -0.490 e. The van der Waals surface area contributed by atoms with Crippen molar-refractivity contribution >= 4 is 23.3 Å². The number of nitro groups is 1. The van der Waals surface area contributed by atoms with Gasteiger partial charge in [0.1, 0.15) is 18.4 Å². The van der Waals surface area contributed by atoms with Crippen molar-refractivity contribution < 1.29 is 19.2 Å². The van der Waals surface area contributed by atoms with E-state index in [0.717, 1.165) is 0 Å². The number of nitrogens with zero attached hydrogens (tertiary/aromatic N) is 1. The van der Waals surface area contributed by atoms with Crippen molar-refractivity contribution in [1.82, 2.24) is 5.32 Å². The zero-order valence-corrected chi connectivity index (χ0v) is 11.8. The summed E-state index contributed by atoms with van der Waals surface area (Å²) in [6.07, 6.45) is 0. The number of carbonyl (C=O) groups excluding carboxylic acids is 1. The number of rotatable bonds is 7. The molecule has 0 aliphatic carbocycles. The molecular formula is C12H15ClN2O5. The average molecular weight is 303 g/mol. The Morgan fingerprint density at radius 2 is 2.25 bits per heavy atom. The van der Waals surface area contributed by atoms with Gasteiger partial charge in [0, 0.05) is 12.1 Å². The lowest BCUT2D eigenvalue weighted by Crippen LogP contribution is -2.40. The summed E-state index contributed by atoms with van der Waals surface area (Å²) in [5.41, 5.74) is -0.127. The fraction of sp³-hybridized carbons (Fsp3) is 0.417. The molecule has 0 saturated carbocycles. The number of hydrogen-bond acceptors (Lipinski definition) is 6. The van der Waals surface area contributed by atoms with E-state index < -0.39 is 16.9 Å². The second-order valence-corrected chi connectivity index (χ2v) is 4.18. The number of non-ortho nitro benzene ring substituents is 1. The van der Waals surface area contributed by atoms with Gasteiger partial charge in [0.15, 0.2) is 0 Å². The number of nitrogens with one attached hydrogen (secondary N) is 1. The molecule has 1 rings (SSSR count). The van der Waals surface area contributed by atoms with Gasteiger partial charge in [0.2, 0.25) is 0 Å². The molecule has 0 aliphatic rings. The van der Waals surface area contributed by atoms with Crippen molar-refractivity contribution in [2.45, 2.75) is 13.0 Å². The molecule has 1 aromatic rings. The minimum absolute atomic E-state index is 0.00681. The minimum atomic E-state index is -0.638. The molecule has 0 amide bonds. The van der Waals surface area contributed by atoms with Crippen molar-refractivity contribution in [2.75, 3.05) is 20.3 Å². The Morgan fingerprint density at radius 3 is 2.75 bits per heavy atom. The van der Waals surface area contributed by atoms with E-state index in [2.05, 4.69) is 5.32 Å². The second-order valence-electron chi connectivity index (χ2n) is 3.78. The molecule has 0 spiro atoms. The first-order valence-electron chi connectivity index (χ1n) is 5.90. The highest BCUT2D eigenvalue weighted by molar-refractivity contribution is 6.32. The van der Waals surface area contributed by atoms with Gasteiger partial charge in [-0.15, -0.1) is 0 Å². The smallest absolute Gasteiger partial charge is 0.326 e. The first-order valence-corrected chi connectivity index (χ1v) is 6.28. The van der Waals surface area contributed by atoms with Crippen LogP contribution < -0.4 is 10.1 Å². The molecule has 1 aromatic carbocycles. The summed E-state index contributed by atoms with van der Waals surface area (Å²) in [5, 5.41) is 13.4. The normalized spacial score (nSPS) is 11.8. The third kappa shape index (κ3) is 4.36. The molecule has 0 saturated heterocycles. The maximum atomic E-state index is 11.5. The molecule has 20 heavy (non-hydrogen) atoms. The lowest BCUT2D eigenvalue weighted by molar-refractivity contribution is -0.384. The van der Waals surface area contributed by atoms with Crippen molar-refractivity contribution in [3.8, 4) is 5.75 Å². The predicted molar refractivity (Wildman–Crippen MR) is 73.1 cm³/mol. The van der Waals surface area contributed by atoms with E-state index in [9.17, 15) is 14.9 Å². The van der Waals surface area contributed by atoms with Gasteiger partial charge >= 0.3 is 5.97 Å². The molecule has 0 aliphatic heterocycles. The largest absolute Gasteiger partial charge is 0.490 e. The molecule has 1 atom stereocenters. The van der Waals surface area contributed by atoms with Gasteiger partial charge in [-0.1, -0.05) is 11.6 Å². The molecule has 1 N–H and O–H groups in total. The summed E-state index contributed by atoms with van der Waals surface area (Å²) in [6.45, 7) is 1.99. The average Bonchev–Trinajstić information content (AvgIpc) is 2.41. The molecular weight excluding hydrogens is 288 g/mol. The van der Waals surface area contributed by atoms with Crippen molar-refractivity contribution in [2.24, 2.45) is 0 Å². The van der Waals surface area contributed by atoms with E-state index in [1.165, 1.54) is 18.2 Å². The fourth-order valence-corrected chi connectivity index (χ4v) is 1.63. The van der Waals surface area contributed by atoms with Crippen LogP contribution in [-0.4, -0.2) is 37.2 Å². The fourth-order valence-electron chi connectivity index (χ4n) is 1.41. The first kappa shape index (κ1) is 16.2. The lowest BCUT2D eigenvalue weighted by Gasteiger charge is -2.16. The van der Waals surface area contributed by atoms with Crippen LogP contribution in [0.2, 0.25) is 5.02 Å². The number of carbonyl (C=O) groups is 1. The maximum Gasteiger partial charge on any atom is 0.326 e. The predicted octanol–water partition coefficient (Wildman–Crippen LogP) is 1.78. The number of ether oxygens (including phenoxy) is 2. The van der Waals surface area contributed by atoms with Gasteiger partial charge in [0.05, 0.1) is 16.6 Å². The highest BCUT2D eigenvalue weighted by atomic mass is 35.5. The second kappa shape index (κ2) is 7.66. The monoisotopic (exact) mass is 302 g/mol. The van der Waals surface area contributed by atoms with Gasteiger partial charge in [0.25, 0.3) is 5.69 Å². The Hall–Kier alpha value is -1.86. The van der Waals surface area contributed by atoms with Crippen LogP contribution >= 0.6 is 11.6 Å². The van der Waals surface area contributed by atoms with Crippen molar-refractivity contribution in [3.05, 3.63) is 33.3 Å². The number of esters is 1. The zero-order valence-electron chi connectivity index (χ0n) is 11.1. The number of benzene rings is 1. The highest BCUT2D eigenvalue weighted by Gasteiger charge is 2.19. The van der Waals surface area contributed by atoms with E-state index in [4.69, 9.17) is 21.1 Å². The number of halogens is 1. The first-order chi connectivity index (χ1) is 9.49. The van der Waals surface area contributed by atoms with Crippen LogP contribution in [0.15, 0.2) is 18.2 Å². The van der Waals surface area contributed by atoms with Gasteiger partial charge in [-0.2, -0.15) is 0 Å². The summed E-state index contributed by atoms with van der Waals surface area (Å²) in [5.74, 6) is -0.171. The molecule has 0 fully saturated rings. The summed E-state index contributed by atoms with van der Waals surface area (Å²) >= 11 is 5.87. The zero-order chi connectivity index (χ0) is 15.1. The van der Waals surface area contributed by atoms with E-state index in [-0.39, 0.29) is 29.7 Å². The summed E-state index contributed by atoms with van der Waals surface area (Å²) in [6, 6.07) is 3.22. The Kier molecular flexibility index (Phi) is 6.20. The number of hydrogen-bond donors (Lipinski definition) is 1. The Morgan fingerprint density at radius 1 is 1.55 bits per heavy atom. The molecule has 0 radical (unpaired) electrons. The van der Waals surface area contributed by atoms with E-state index in [0.29, 0.717) is 0 Å². The van der Waals surface area contributed by atoms with Gasteiger partial charge < -0.3 is 14.8 Å². The standard InChI is InChI=1S/C12H15ClN2O5/c1-3-19-12(16)10(14-2)7-20-11-5-4-8(15(17)18)6-9(11)13/h4-6,10,14H,3,7H2,1-2H3. The van der Waals surface area contributed by atoms with Crippen LogP contribution in [0.1, 0.15) is 6.92 Å². The number of likely N-dealkylation sites (N-methyl/N-ethyl adjacent to an activating group) is 1. The van der Waals surface area contributed by atoms with Crippen LogP contribution in [-0.2, 0) is 9.53 Å². The highest BCUT2D eigenvalue weighted by Crippen LogP contribution is 2.28. The molecule has 8 heteroatoms. The van der Waals surface area contributed by atoms with Crippen molar-refractivity contribution in [1.29, 1.82) is 0 Å². The topological polar surface area (TPSA) is 90.7 Å². The van der Waals surface area contributed by atoms with Gasteiger partial charge in [-0.3, -0.25) is 14.9 Å². The lowest BCUT2D eigenvalue weighted by atomic mass is 10.3. The molecule has 0 heterocycles. The maximum absolute atomic E-state index is 11.5. The van der Waals surface area contributed by atoms with E-state index in [1.807, 2.05) is 0 Å². The molecule has 110 valence electrons. The quantitative estimate of drug-likeness (QED) is 0.469. The van der Waals surface area contributed by atoms with Crippen LogP contribution in [0.25, 0.3) is 0 Å². The summed E-state index contributed by atoms with van der Waals surface area (Å²) in [4.78, 5) is 21.6. The Balaban J connectivity index is 2.69. The van der Waals surface area contributed by atoms with Crippen LogP contribution in [0.4, 0.5) is 5.69 Å². The van der Waals surface area contributed by atoms with Crippen molar-refractivity contribution in [3.63, 3.8) is 0 Å².